The van der Waals surface area contributed by atoms with E-state index in [-0.39, 0.29) is 11.1 Å². The zero-order valence-corrected chi connectivity index (χ0v) is 17.8. The highest BCUT2D eigenvalue weighted by Crippen LogP contribution is 2.18. The van der Waals surface area contributed by atoms with Crippen molar-refractivity contribution in [3.63, 3.8) is 0 Å². The molecule has 1 amide bonds. The van der Waals surface area contributed by atoms with Gasteiger partial charge in [0.25, 0.3) is 5.91 Å². The van der Waals surface area contributed by atoms with Crippen molar-refractivity contribution in [1.29, 1.82) is 5.26 Å². The predicted molar refractivity (Wildman–Crippen MR) is 121 cm³/mol. The van der Waals surface area contributed by atoms with Crippen molar-refractivity contribution < 1.29 is 19.4 Å². The van der Waals surface area contributed by atoms with Crippen LogP contribution in [0.25, 0.3) is 6.08 Å². The Bertz CT molecular complexity index is 1150. The number of carboxylic acids is 1. The fourth-order valence-corrected chi connectivity index (χ4v) is 2.88. The number of nitrogens with zero attached hydrogens (tertiary/aromatic N) is 1. The van der Waals surface area contributed by atoms with Gasteiger partial charge < -0.3 is 15.2 Å². The molecule has 0 saturated carbocycles. The second kappa shape index (κ2) is 10.2. The van der Waals surface area contributed by atoms with Gasteiger partial charge >= 0.3 is 5.97 Å². The number of amides is 1. The summed E-state index contributed by atoms with van der Waals surface area (Å²) < 4.78 is 6.75. The van der Waals surface area contributed by atoms with Crippen LogP contribution in [0.5, 0.6) is 5.75 Å². The van der Waals surface area contributed by atoms with Crippen LogP contribution in [0.3, 0.4) is 0 Å². The second-order valence-electron chi connectivity index (χ2n) is 6.49. The van der Waals surface area contributed by atoms with Gasteiger partial charge in [0.15, 0.2) is 0 Å². The summed E-state index contributed by atoms with van der Waals surface area (Å²) in [5, 5.41) is 20.9. The number of hydrogen-bond acceptors (Lipinski definition) is 4. The molecule has 3 rings (SSSR count). The number of nitrogens with one attached hydrogen (secondary N) is 1. The fraction of sp³-hybridized carbons (Fsp3) is 0.0417. The number of aromatic carboxylic acids is 1. The van der Waals surface area contributed by atoms with E-state index >= 15 is 0 Å². The third-order valence-electron chi connectivity index (χ3n) is 4.26. The molecule has 0 atom stereocenters. The van der Waals surface area contributed by atoms with Crippen molar-refractivity contribution in [2.45, 2.75) is 6.61 Å². The molecular formula is C24H17BrN2O4. The van der Waals surface area contributed by atoms with Crippen LogP contribution in [0.4, 0.5) is 5.69 Å². The molecule has 0 aliphatic rings. The molecule has 0 heterocycles. The molecule has 3 aromatic rings. The summed E-state index contributed by atoms with van der Waals surface area (Å²) in [4.78, 5) is 23.3. The van der Waals surface area contributed by atoms with Crippen molar-refractivity contribution in [1.82, 2.24) is 0 Å². The number of nitriles is 1. The molecule has 3 aromatic carbocycles. The Labute approximate surface area is 187 Å². The molecule has 0 aliphatic heterocycles. The van der Waals surface area contributed by atoms with Gasteiger partial charge in [-0.15, -0.1) is 0 Å². The molecule has 0 fully saturated rings. The highest BCUT2D eigenvalue weighted by Gasteiger charge is 2.10. The van der Waals surface area contributed by atoms with Gasteiger partial charge in [-0.25, -0.2) is 4.79 Å². The molecule has 2 N–H and O–H groups in total. The van der Waals surface area contributed by atoms with Gasteiger partial charge in [0.1, 0.15) is 24.0 Å². The standard InChI is InChI=1S/C24H17BrN2O4/c25-20-7-1-17(2-8-20)15-31-22-11-3-16(4-12-22)13-19(14-26)23(28)27-21-9-5-18(6-10-21)24(29)30/h1-13H,15H2,(H,27,28)(H,29,30)/b19-13+. The summed E-state index contributed by atoms with van der Waals surface area (Å²) in [5.74, 6) is -0.970. The third kappa shape index (κ3) is 6.29. The monoisotopic (exact) mass is 476 g/mol. The first-order chi connectivity index (χ1) is 14.9. The number of carbonyl (C=O) groups is 2. The molecule has 0 aromatic heterocycles. The Morgan fingerprint density at radius 1 is 1.00 bits per heavy atom. The molecular weight excluding hydrogens is 460 g/mol. The van der Waals surface area contributed by atoms with Gasteiger partial charge in [-0.1, -0.05) is 40.2 Å². The van der Waals surface area contributed by atoms with Crippen molar-refractivity contribution in [2.24, 2.45) is 0 Å². The van der Waals surface area contributed by atoms with Crippen LogP contribution in [0.15, 0.2) is 82.8 Å². The number of carbonyl (C=O) groups excluding carboxylic acids is 1. The summed E-state index contributed by atoms with van der Waals surface area (Å²) >= 11 is 3.39. The lowest BCUT2D eigenvalue weighted by molar-refractivity contribution is -0.112. The first-order valence-electron chi connectivity index (χ1n) is 9.18. The summed E-state index contributed by atoms with van der Waals surface area (Å²) in [6.07, 6.45) is 1.47. The van der Waals surface area contributed by atoms with Crippen LogP contribution < -0.4 is 10.1 Å². The van der Waals surface area contributed by atoms with Crippen LogP contribution in [-0.4, -0.2) is 17.0 Å². The predicted octanol–water partition coefficient (Wildman–Crippen LogP) is 5.27. The van der Waals surface area contributed by atoms with E-state index in [2.05, 4.69) is 21.2 Å². The Kier molecular flexibility index (Phi) is 7.20. The largest absolute Gasteiger partial charge is 0.489 e. The fourth-order valence-electron chi connectivity index (χ4n) is 2.62. The Balaban J connectivity index is 1.63. The SMILES string of the molecule is N#C/C(=C\c1ccc(OCc2ccc(Br)cc2)cc1)C(=O)Nc1ccc(C(=O)O)cc1. The minimum Gasteiger partial charge on any atom is -0.489 e. The number of hydrogen-bond donors (Lipinski definition) is 2. The number of halogens is 1. The third-order valence-corrected chi connectivity index (χ3v) is 4.79. The summed E-state index contributed by atoms with van der Waals surface area (Å²) in [5.41, 5.74) is 2.13. The van der Waals surface area contributed by atoms with E-state index in [1.807, 2.05) is 30.3 Å². The lowest BCUT2D eigenvalue weighted by Gasteiger charge is -2.07. The molecule has 0 bridgehead atoms. The number of ether oxygens (including phenoxy) is 1. The van der Waals surface area contributed by atoms with Gasteiger partial charge in [0.2, 0.25) is 0 Å². The normalized spacial score (nSPS) is 10.8. The lowest BCUT2D eigenvalue weighted by Crippen LogP contribution is -2.13. The van der Waals surface area contributed by atoms with E-state index in [0.717, 1.165) is 10.0 Å². The molecule has 6 nitrogen and oxygen atoms in total. The average molecular weight is 477 g/mol. The zero-order valence-electron chi connectivity index (χ0n) is 16.2. The molecule has 0 spiro atoms. The van der Waals surface area contributed by atoms with Gasteiger partial charge in [-0.05, 0) is 65.7 Å². The van der Waals surface area contributed by atoms with Gasteiger partial charge in [-0.3, -0.25) is 4.79 Å². The first kappa shape index (κ1) is 21.8. The topological polar surface area (TPSA) is 99.4 Å². The summed E-state index contributed by atoms with van der Waals surface area (Å²) in [7, 11) is 0. The van der Waals surface area contributed by atoms with Crippen LogP contribution in [0.1, 0.15) is 21.5 Å². The molecule has 0 aliphatic carbocycles. The minimum absolute atomic E-state index is 0.0779. The van der Waals surface area contributed by atoms with Gasteiger partial charge in [0.05, 0.1) is 5.56 Å². The maximum absolute atomic E-state index is 12.4. The van der Waals surface area contributed by atoms with Gasteiger partial charge in [-0.2, -0.15) is 5.26 Å². The molecule has 31 heavy (non-hydrogen) atoms. The molecule has 154 valence electrons. The summed E-state index contributed by atoms with van der Waals surface area (Å²) in [6.45, 7) is 0.426. The number of rotatable bonds is 7. The van der Waals surface area contributed by atoms with Crippen molar-refractivity contribution in [3.8, 4) is 11.8 Å². The van der Waals surface area contributed by atoms with Crippen LogP contribution in [0.2, 0.25) is 0 Å². The van der Waals surface area contributed by atoms with Crippen LogP contribution >= 0.6 is 15.9 Å². The highest BCUT2D eigenvalue weighted by molar-refractivity contribution is 9.10. The average Bonchev–Trinajstić information content (AvgIpc) is 2.78. The molecule has 0 saturated heterocycles. The second-order valence-corrected chi connectivity index (χ2v) is 7.41. The number of anilines is 1. The Morgan fingerprint density at radius 2 is 1.65 bits per heavy atom. The van der Waals surface area contributed by atoms with Crippen LogP contribution in [0, 0.1) is 11.3 Å². The van der Waals surface area contributed by atoms with Crippen molar-refractivity contribution in [3.05, 3.63) is 99.5 Å². The minimum atomic E-state index is -1.06. The van der Waals surface area contributed by atoms with E-state index in [1.165, 1.54) is 30.3 Å². The van der Waals surface area contributed by atoms with E-state index in [4.69, 9.17) is 9.84 Å². The highest BCUT2D eigenvalue weighted by atomic mass is 79.9. The Hall–Kier alpha value is -3.89. The van der Waals surface area contributed by atoms with Gasteiger partial charge in [0, 0.05) is 10.2 Å². The van der Waals surface area contributed by atoms with E-state index in [1.54, 1.807) is 24.3 Å². The van der Waals surface area contributed by atoms with E-state index in [9.17, 15) is 14.9 Å². The van der Waals surface area contributed by atoms with Crippen molar-refractivity contribution in [2.75, 3.05) is 5.32 Å². The molecule has 0 unspecified atom stereocenters. The first-order valence-corrected chi connectivity index (χ1v) is 9.98. The zero-order chi connectivity index (χ0) is 22.2. The maximum Gasteiger partial charge on any atom is 0.335 e. The smallest absolute Gasteiger partial charge is 0.335 e. The number of carboxylic acid groups (broad SMARTS) is 1. The van der Waals surface area contributed by atoms with E-state index < -0.39 is 11.9 Å². The number of benzene rings is 3. The maximum atomic E-state index is 12.4. The molecule has 7 heteroatoms. The quantitative estimate of drug-likeness (QED) is 0.357. The lowest BCUT2D eigenvalue weighted by atomic mass is 10.1. The Morgan fingerprint density at radius 3 is 2.23 bits per heavy atom. The summed E-state index contributed by atoms with van der Waals surface area (Å²) in [6, 6.07) is 22.4. The molecule has 0 radical (unpaired) electrons. The van der Waals surface area contributed by atoms with Crippen LogP contribution in [-0.2, 0) is 11.4 Å². The van der Waals surface area contributed by atoms with Crippen molar-refractivity contribution >= 4 is 39.6 Å². The van der Waals surface area contributed by atoms with E-state index in [0.29, 0.717) is 23.6 Å².